The highest BCUT2D eigenvalue weighted by Crippen LogP contribution is 2.77. The molecule has 0 aliphatic heterocycles. The molecule has 0 aromatic heterocycles. The molecule has 3 fully saturated rings. The summed E-state index contributed by atoms with van der Waals surface area (Å²) in [6.07, 6.45) is 7.23. The molecule has 4 aliphatic carbocycles. The number of allylic oxidation sites excluding steroid dienone is 2. The van der Waals surface area contributed by atoms with Gasteiger partial charge in [0.05, 0.1) is 0 Å². The molecule has 80 valence electrons. The average molecular weight is 202 g/mol. The number of hydrogen-bond donors (Lipinski definition) is 0. The standard InChI is InChI=1S/C14H18O/c1-13(2)7-8-3-4-9-12(15)10-5-6-11(13)14(8,9)10/h3,9-11H,4-7H2,1-2H3/t9-,10?,11-,14+/m0/s1. The van der Waals surface area contributed by atoms with Gasteiger partial charge in [-0.25, -0.2) is 0 Å². The molecule has 0 saturated heterocycles. The fourth-order valence-corrected chi connectivity index (χ4v) is 5.60. The summed E-state index contributed by atoms with van der Waals surface area (Å²) in [5.41, 5.74) is 2.52. The van der Waals surface area contributed by atoms with Gasteiger partial charge >= 0.3 is 0 Å². The molecule has 4 atom stereocenters. The monoisotopic (exact) mass is 202 g/mol. The highest BCUT2D eigenvalue weighted by molar-refractivity contribution is 5.95. The molecule has 15 heavy (non-hydrogen) atoms. The molecular weight excluding hydrogens is 184 g/mol. The number of carbonyl (C=O) groups excluding carboxylic acids is 1. The molecule has 0 aromatic carbocycles. The van der Waals surface area contributed by atoms with Gasteiger partial charge in [0.25, 0.3) is 0 Å². The van der Waals surface area contributed by atoms with Gasteiger partial charge in [-0.1, -0.05) is 25.5 Å². The van der Waals surface area contributed by atoms with Crippen LogP contribution in [0.3, 0.4) is 0 Å². The summed E-state index contributed by atoms with van der Waals surface area (Å²) >= 11 is 0. The van der Waals surface area contributed by atoms with E-state index < -0.39 is 0 Å². The maximum Gasteiger partial charge on any atom is 0.141 e. The predicted octanol–water partition coefficient (Wildman–Crippen LogP) is 2.96. The molecule has 1 heteroatoms. The molecule has 0 amide bonds. The van der Waals surface area contributed by atoms with E-state index in [1.807, 2.05) is 0 Å². The molecule has 0 radical (unpaired) electrons. The second kappa shape index (κ2) is 2.09. The number of ketones is 1. The molecule has 0 N–H and O–H groups in total. The second-order valence-corrected chi connectivity index (χ2v) is 6.70. The van der Waals surface area contributed by atoms with Gasteiger partial charge in [-0.15, -0.1) is 0 Å². The van der Waals surface area contributed by atoms with Crippen molar-refractivity contribution < 1.29 is 4.79 Å². The van der Waals surface area contributed by atoms with Gasteiger partial charge in [0.15, 0.2) is 0 Å². The van der Waals surface area contributed by atoms with E-state index >= 15 is 0 Å². The molecular formula is C14H18O. The highest BCUT2D eigenvalue weighted by atomic mass is 16.1. The fourth-order valence-electron chi connectivity index (χ4n) is 5.60. The highest BCUT2D eigenvalue weighted by Gasteiger charge is 2.75. The van der Waals surface area contributed by atoms with Gasteiger partial charge in [-0.3, -0.25) is 4.79 Å². The minimum absolute atomic E-state index is 0.389. The Morgan fingerprint density at radius 2 is 2.07 bits per heavy atom. The van der Waals surface area contributed by atoms with Gasteiger partial charge in [-0.2, -0.15) is 0 Å². The van der Waals surface area contributed by atoms with Crippen molar-refractivity contribution in [2.45, 2.75) is 39.5 Å². The Balaban J connectivity index is 1.93. The van der Waals surface area contributed by atoms with E-state index in [0.717, 1.165) is 12.3 Å². The quantitative estimate of drug-likeness (QED) is 0.552. The van der Waals surface area contributed by atoms with E-state index in [1.54, 1.807) is 5.57 Å². The molecule has 4 rings (SSSR count). The average Bonchev–Trinajstić information content (AvgIpc) is 2.72. The molecule has 0 bridgehead atoms. The van der Waals surface area contributed by atoms with Gasteiger partial charge in [0.1, 0.15) is 5.78 Å². The van der Waals surface area contributed by atoms with Crippen molar-refractivity contribution >= 4 is 5.78 Å². The number of Topliss-reactive ketones (excluding diaryl/α,β-unsaturated/α-hetero) is 1. The van der Waals surface area contributed by atoms with Crippen molar-refractivity contribution in [2.75, 3.05) is 0 Å². The first-order valence-corrected chi connectivity index (χ1v) is 6.31. The fraction of sp³-hybridized carbons (Fsp3) is 0.786. The number of rotatable bonds is 0. The van der Waals surface area contributed by atoms with E-state index in [-0.39, 0.29) is 0 Å². The van der Waals surface area contributed by atoms with E-state index in [2.05, 4.69) is 19.9 Å². The molecule has 0 aromatic rings. The summed E-state index contributed by atoms with van der Waals surface area (Å²) in [5.74, 6) is 2.25. The topological polar surface area (TPSA) is 17.1 Å². The van der Waals surface area contributed by atoms with E-state index in [4.69, 9.17) is 0 Å². The van der Waals surface area contributed by atoms with E-state index in [1.165, 1.54) is 19.3 Å². The minimum atomic E-state index is 0.389. The summed E-state index contributed by atoms with van der Waals surface area (Å²) in [7, 11) is 0. The lowest BCUT2D eigenvalue weighted by Crippen LogP contribution is -2.55. The van der Waals surface area contributed by atoms with E-state index in [9.17, 15) is 4.79 Å². The number of carbonyl (C=O) groups is 1. The van der Waals surface area contributed by atoms with Crippen LogP contribution in [0.4, 0.5) is 0 Å². The molecule has 0 heterocycles. The first-order chi connectivity index (χ1) is 7.08. The van der Waals surface area contributed by atoms with Crippen molar-refractivity contribution in [2.24, 2.45) is 28.6 Å². The maximum absolute atomic E-state index is 12.0. The summed E-state index contributed by atoms with van der Waals surface area (Å²) in [5, 5.41) is 0. The third-order valence-electron chi connectivity index (χ3n) is 5.91. The van der Waals surface area contributed by atoms with Crippen LogP contribution in [0, 0.1) is 28.6 Å². The van der Waals surface area contributed by atoms with Gasteiger partial charge in [0.2, 0.25) is 0 Å². The zero-order valence-electron chi connectivity index (χ0n) is 9.55. The van der Waals surface area contributed by atoms with Crippen LogP contribution in [-0.4, -0.2) is 5.78 Å². The van der Waals surface area contributed by atoms with Crippen LogP contribution in [0.15, 0.2) is 11.6 Å². The predicted molar refractivity (Wildman–Crippen MR) is 58.2 cm³/mol. The van der Waals surface area contributed by atoms with Gasteiger partial charge in [0, 0.05) is 17.3 Å². The van der Waals surface area contributed by atoms with Crippen LogP contribution >= 0.6 is 0 Å². The Bertz CT molecular complexity index is 404. The summed E-state index contributed by atoms with van der Waals surface area (Å²) < 4.78 is 0. The van der Waals surface area contributed by atoms with Crippen LogP contribution in [0.1, 0.15) is 39.5 Å². The minimum Gasteiger partial charge on any atom is -0.299 e. The number of hydrogen-bond acceptors (Lipinski definition) is 1. The van der Waals surface area contributed by atoms with Crippen molar-refractivity contribution in [1.29, 1.82) is 0 Å². The second-order valence-electron chi connectivity index (χ2n) is 6.70. The van der Waals surface area contributed by atoms with Crippen LogP contribution < -0.4 is 0 Å². The van der Waals surface area contributed by atoms with E-state index in [0.29, 0.717) is 28.4 Å². The van der Waals surface area contributed by atoms with Crippen molar-refractivity contribution in [1.82, 2.24) is 0 Å². The third kappa shape index (κ3) is 0.636. The molecule has 1 nitrogen and oxygen atoms in total. The smallest absolute Gasteiger partial charge is 0.141 e. The summed E-state index contributed by atoms with van der Waals surface area (Å²) in [4.78, 5) is 12.0. The lowest BCUT2D eigenvalue weighted by atomic mass is 9.51. The molecule has 3 saturated carbocycles. The summed E-state index contributed by atoms with van der Waals surface area (Å²) in [6, 6.07) is 0. The zero-order valence-corrected chi connectivity index (χ0v) is 9.55. The Morgan fingerprint density at radius 1 is 1.27 bits per heavy atom. The SMILES string of the molecule is CC1(C)CC2=CC[C@H]3C(=O)C4CC[C@@H]1[C@@]243. The Labute approximate surface area is 90.9 Å². The third-order valence-corrected chi connectivity index (χ3v) is 5.91. The summed E-state index contributed by atoms with van der Waals surface area (Å²) in [6.45, 7) is 4.82. The normalized spacial score (nSPS) is 53.6. The molecule has 4 aliphatic rings. The zero-order chi connectivity index (χ0) is 10.4. The van der Waals surface area contributed by atoms with Crippen molar-refractivity contribution in [3.8, 4) is 0 Å². The van der Waals surface area contributed by atoms with Crippen molar-refractivity contribution in [3.63, 3.8) is 0 Å². The van der Waals surface area contributed by atoms with Gasteiger partial charge < -0.3 is 0 Å². The molecule has 1 spiro atoms. The van der Waals surface area contributed by atoms with Gasteiger partial charge in [-0.05, 0) is 37.0 Å². The lowest BCUT2D eigenvalue weighted by Gasteiger charge is -2.50. The van der Waals surface area contributed by atoms with Crippen LogP contribution in [0.25, 0.3) is 0 Å². The van der Waals surface area contributed by atoms with Crippen LogP contribution in [0.5, 0.6) is 0 Å². The Morgan fingerprint density at radius 3 is 2.87 bits per heavy atom. The first kappa shape index (κ1) is 8.55. The Hall–Kier alpha value is -0.590. The molecule has 1 unspecified atom stereocenters. The van der Waals surface area contributed by atoms with Crippen molar-refractivity contribution in [3.05, 3.63) is 11.6 Å². The Kier molecular flexibility index (Phi) is 1.19. The maximum atomic E-state index is 12.0. The van der Waals surface area contributed by atoms with Crippen LogP contribution in [-0.2, 0) is 4.79 Å². The first-order valence-electron chi connectivity index (χ1n) is 6.31. The largest absolute Gasteiger partial charge is 0.299 e. The lowest BCUT2D eigenvalue weighted by molar-refractivity contribution is -0.150. The van der Waals surface area contributed by atoms with Crippen LogP contribution in [0.2, 0.25) is 0 Å².